The van der Waals surface area contributed by atoms with Gasteiger partial charge < -0.3 is 0 Å². The van der Waals surface area contributed by atoms with Gasteiger partial charge >= 0.3 is 0 Å². The van der Waals surface area contributed by atoms with Crippen LogP contribution in [-0.4, -0.2) is 0 Å². The van der Waals surface area contributed by atoms with Crippen LogP contribution >= 0.6 is 0 Å². The maximum absolute atomic E-state index is 2.00. The summed E-state index contributed by atoms with van der Waals surface area (Å²) in [6.45, 7) is 4.00. The first kappa shape index (κ1) is 14.0. The molecule has 0 aromatic heterocycles. The van der Waals surface area contributed by atoms with Crippen LogP contribution in [0.15, 0.2) is 0 Å². The molecule has 0 aromatic carbocycles. The van der Waals surface area contributed by atoms with Crippen molar-refractivity contribution in [3.63, 3.8) is 0 Å². The second-order valence-corrected chi connectivity index (χ2v) is 4.59. The molecule has 0 aromatic rings. The highest BCUT2D eigenvalue weighted by molar-refractivity contribution is 4.98. The van der Waals surface area contributed by atoms with Crippen LogP contribution in [0, 0.1) is 23.7 Å². The Morgan fingerprint density at radius 2 is 1.14 bits per heavy atom. The van der Waals surface area contributed by atoms with Crippen LogP contribution in [0.5, 0.6) is 0 Å². The molecule has 0 nitrogen and oxygen atoms in total. The fraction of sp³-hybridized carbons (Fsp3) is 1.00. The standard InChI is InChI=1S/C10H16.C2H6.2CH4/c1-2-9-7-4-5-8(6-7)10(9)3-1;1-2;;/h7-10H,1-6H2;1-2H3;2*1H4. The predicted octanol–water partition coefficient (Wildman–Crippen LogP) is 5.13. The molecule has 2 bridgehead atoms. The van der Waals surface area contributed by atoms with Gasteiger partial charge in [-0.1, -0.05) is 35.1 Å². The summed E-state index contributed by atoms with van der Waals surface area (Å²) in [5, 5.41) is 0. The summed E-state index contributed by atoms with van der Waals surface area (Å²) in [6.07, 6.45) is 9.53. The summed E-state index contributed by atoms with van der Waals surface area (Å²) in [4.78, 5) is 0. The minimum atomic E-state index is 0. The largest absolute Gasteiger partial charge is 0.0776 e. The molecule has 0 heteroatoms. The summed E-state index contributed by atoms with van der Waals surface area (Å²) < 4.78 is 0. The van der Waals surface area contributed by atoms with Crippen LogP contribution in [0.25, 0.3) is 0 Å². The summed E-state index contributed by atoms with van der Waals surface area (Å²) in [6, 6.07) is 0. The van der Waals surface area contributed by atoms with Crippen LogP contribution in [0.3, 0.4) is 0 Å². The molecule has 0 saturated heterocycles. The van der Waals surface area contributed by atoms with Crippen LogP contribution in [0.2, 0.25) is 0 Å². The van der Waals surface area contributed by atoms with E-state index in [9.17, 15) is 0 Å². The van der Waals surface area contributed by atoms with Gasteiger partial charge in [0.25, 0.3) is 0 Å². The SMILES string of the molecule is C.C.C1CC2C3CCC(C3)C2C1.CC. The second-order valence-electron chi connectivity index (χ2n) is 4.59. The number of hydrogen-bond donors (Lipinski definition) is 0. The van der Waals surface area contributed by atoms with Gasteiger partial charge in [-0.2, -0.15) is 0 Å². The Labute approximate surface area is 91.5 Å². The zero-order valence-electron chi connectivity index (χ0n) is 8.55. The molecular weight excluding hydrogens is 168 g/mol. The first-order valence-electron chi connectivity index (χ1n) is 5.95. The topological polar surface area (TPSA) is 0 Å². The van der Waals surface area contributed by atoms with Crippen molar-refractivity contribution in [1.29, 1.82) is 0 Å². The highest BCUT2D eigenvalue weighted by Gasteiger charge is 2.48. The minimum Gasteiger partial charge on any atom is -0.0776 e. The predicted molar refractivity (Wildman–Crippen MR) is 66.5 cm³/mol. The average Bonchev–Trinajstić information content (AvgIpc) is 2.81. The molecule has 3 aliphatic carbocycles. The molecule has 4 atom stereocenters. The van der Waals surface area contributed by atoms with Gasteiger partial charge in [0.05, 0.1) is 0 Å². The van der Waals surface area contributed by atoms with E-state index in [1.54, 1.807) is 38.5 Å². The van der Waals surface area contributed by atoms with Crippen molar-refractivity contribution in [3.8, 4) is 0 Å². The highest BCUT2D eigenvalue weighted by Crippen LogP contribution is 2.58. The fourth-order valence-electron chi connectivity index (χ4n) is 4.02. The van der Waals surface area contributed by atoms with Crippen molar-refractivity contribution in [3.05, 3.63) is 0 Å². The molecule has 0 heterocycles. The molecule has 0 N–H and O–H groups in total. The third-order valence-electron chi connectivity index (χ3n) is 4.35. The van der Waals surface area contributed by atoms with Crippen molar-refractivity contribution in [1.82, 2.24) is 0 Å². The van der Waals surface area contributed by atoms with Crippen LogP contribution in [0.1, 0.15) is 67.2 Å². The smallest absolute Gasteiger partial charge is 0.0355 e. The van der Waals surface area contributed by atoms with E-state index >= 15 is 0 Å². The highest BCUT2D eigenvalue weighted by atomic mass is 14.5. The number of fused-ring (bicyclic) bond motifs is 5. The van der Waals surface area contributed by atoms with Crippen molar-refractivity contribution in [2.45, 2.75) is 67.2 Å². The van der Waals surface area contributed by atoms with Gasteiger partial charge in [0, 0.05) is 0 Å². The van der Waals surface area contributed by atoms with E-state index in [1.807, 2.05) is 13.8 Å². The lowest BCUT2D eigenvalue weighted by Gasteiger charge is -2.23. The van der Waals surface area contributed by atoms with Gasteiger partial charge in [-0.15, -0.1) is 0 Å². The summed E-state index contributed by atoms with van der Waals surface area (Å²) in [5.74, 6) is 4.80. The van der Waals surface area contributed by atoms with Crippen LogP contribution in [0.4, 0.5) is 0 Å². The van der Waals surface area contributed by atoms with E-state index in [0.29, 0.717) is 0 Å². The first-order valence-corrected chi connectivity index (χ1v) is 5.95. The maximum atomic E-state index is 2.00. The van der Waals surface area contributed by atoms with Crippen molar-refractivity contribution in [2.24, 2.45) is 23.7 Å². The molecule has 3 fully saturated rings. The molecule has 0 spiro atoms. The Kier molecular flexibility index (Phi) is 5.78. The van der Waals surface area contributed by atoms with Crippen molar-refractivity contribution >= 4 is 0 Å². The normalized spacial score (nSPS) is 41.6. The molecule has 3 rings (SSSR count). The van der Waals surface area contributed by atoms with Crippen molar-refractivity contribution < 1.29 is 0 Å². The van der Waals surface area contributed by atoms with Gasteiger partial charge in [-0.05, 0) is 55.8 Å². The Bertz CT molecular complexity index is 134. The molecule has 0 radical (unpaired) electrons. The second kappa shape index (κ2) is 5.78. The lowest BCUT2D eigenvalue weighted by molar-refractivity contribution is 0.259. The molecular formula is C14H30. The summed E-state index contributed by atoms with van der Waals surface area (Å²) in [5.41, 5.74) is 0. The molecule has 86 valence electrons. The van der Waals surface area contributed by atoms with Crippen LogP contribution < -0.4 is 0 Å². The monoisotopic (exact) mass is 198 g/mol. The van der Waals surface area contributed by atoms with E-state index in [4.69, 9.17) is 0 Å². The maximum Gasteiger partial charge on any atom is -0.0355 e. The van der Waals surface area contributed by atoms with E-state index in [1.165, 1.54) is 23.7 Å². The molecule has 3 aliphatic rings. The van der Waals surface area contributed by atoms with E-state index in [0.717, 1.165) is 0 Å². The fourth-order valence-corrected chi connectivity index (χ4v) is 4.02. The first-order chi connectivity index (χ1) is 5.95. The van der Waals surface area contributed by atoms with E-state index in [2.05, 4.69) is 0 Å². The zero-order valence-corrected chi connectivity index (χ0v) is 8.55. The molecule has 14 heavy (non-hydrogen) atoms. The molecule has 0 amide bonds. The molecule has 0 aliphatic heterocycles. The van der Waals surface area contributed by atoms with Crippen LogP contribution in [-0.2, 0) is 0 Å². The lowest BCUT2D eigenvalue weighted by Crippen LogP contribution is -2.15. The van der Waals surface area contributed by atoms with Gasteiger partial charge in [-0.3, -0.25) is 0 Å². The quantitative estimate of drug-likeness (QED) is 0.506. The number of hydrogen-bond acceptors (Lipinski definition) is 0. The van der Waals surface area contributed by atoms with Gasteiger partial charge in [-0.25, -0.2) is 0 Å². The molecule has 3 saturated carbocycles. The lowest BCUT2D eigenvalue weighted by atomic mass is 9.82. The third kappa shape index (κ3) is 1.99. The summed E-state index contributed by atoms with van der Waals surface area (Å²) in [7, 11) is 0. The van der Waals surface area contributed by atoms with Gasteiger partial charge in [0.1, 0.15) is 0 Å². The Balaban J connectivity index is 0.000000401. The third-order valence-corrected chi connectivity index (χ3v) is 4.35. The minimum absolute atomic E-state index is 0. The summed E-state index contributed by atoms with van der Waals surface area (Å²) >= 11 is 0. The Morgan fingerprint density at radius 3 is 1.57 bits per heavy atom. The van der Waals surface area contributed by atoms with Gasteiger partial charge in [0.15, 0.2) is 0 Å². The average molecular weight is 198 g/mol. The zero-order chi connectivity index (χ0) is 8.55. The Hall–Kier alpha value is 0. The molecule has 4 unspecified atom stereocenters. The number of rotatable bonds is 0. The van der Waals surface area contributed by atoms with Gasteiger partial charge in [0.2, 0.25) is 0 Å². The van der Waals surface area contributed by atoms with E-state index in [-0.39, 0.29) is 14.9 Å². The Morgan fingerprint density at radius 1 is 0.714 bits per heavy atom. The van der Waals surface area contributed by atoms with E-state index < -0.39 is 0 Å². The van der Waals surface area contributed by atoms with Crippen molar-refractivity contribution in [2.75, 3.05) is 0 Å².